The van der Waals surface area contributed by atoms with Gasteiger partial charge in [-0.15, -0.1) is 0 Å². The van der Waals surface area contributed by atoms with E-state index < -0.39 is 11.8 Å². The van der Waals surface area contributed by atoms with Gasteiger partial charge in [0.1, 0.15) is 6.54 Å². The molecule has 0 aliphatic carbocycles. The van der Waals surface area contributed by atoms with Crippen LogP contribution in [-0.2, 0) is 4.79 Å². The maximum atomic E-state index is 12.3. The first-order chi connectivity index (χ1) is 12.5. The lowest BCUT2D eigenvalue weighted by atomic mass is 10.1. The highest BCUT2D eigenvalue weighted by molar-refractivity contribution is 6.22. The van der Waals surface area contributed by atoms with Gasteiger partial charge in [-0.3, -0.25) is 19.3 Å². The molecule has 0 saturated heterocycles. The zero-order valence-electron chi connectivity index (χ0n) is 14.8. The van der Waals surface area contributed by atoms with E-state index >= 15 is 0 Å². The molecule has 26 heavy (non-hydrogen) atoms. The molecule has 6 nitrogen and oxygen atoms in total. The third kappa shape index (κ3) is 3.50. The molecule has 1 atom stereocenters. The lowest BCUT2D eigenvalue weighted by molar-refractivity contribution is -0.121. The largest absolute Gasteiger partial charge is 0.353 e. The predicted octanol–water partition coefficient (Wildman–Crippen LogP) is 1.70. The second kappa shape index (κ2) is 7.49. The molecule has 0 radical (unpaired) electrons. The molecule has 1 aliphatic heterocycles. The third-order valence-electron chi connectivity index (χ3n) is 4.48. The fourth-order valence-electron chi connectivity index (χ4n) is 3.07. The molecule has 1 aliphatic rings. The molecule has 3 amide bonds. The highest BCUT2D eigenvalue weighted by atomic mass is 16.2. The van der Waals surface area contributed by atoms with Crippen LogP contribution in [0.2, 0.25) is 0 Å². The van der Waals surface area contributed by atoms with E-state index in [1.54, 1.807) is 24.3 Å². The molecule has 0 fully saturated rings. The Labute approximate surface area is 152 Å². The lowest BCUT2D eigenvalue weighted by Gasteiger charge is -2.25. The van der Waals surface area contributed by atoms with Crippen molar-refractivity contribution >= 4 is 17.7 Å². The average Bonchev–Trinajstić information content (AvgIpc) is 2.88. The van der Waals surface area contributed by atoms with Gasteiger partial charge in [0.2, 0.25) is 5.91 Å². The number of amides is 3. The quantitative estimate of drug-likeness (QED) is 0.805. The smallest absolute Gasteiger partial charge is 0.262 e. The molecule has 0 bridgehead atoms. The molecule has 0 spiro atoms. The fraction of sp³-hybridized carbons (Fsp3) is 0.250. The number of nitrogens with one attached hydrogen (secondary N) is 1. The Morgan fingerprint density at radius 2 is 1.50 bits per heavy atom. The van der Waals surface area contributed by atoms with Crippen LogP contribution < -0.4 is 5.32 Å². The van der Waals surface area contributed by atoms with Crippen molar-refractivity contribution in [2.24, 2.45) is 0 Å². The zero-order valence-corrected chi connectivity index (χ0v) is 14.8. The first kappa shape index (κ1) is 17.8. The molecule has 3 rings (SSSR count). The minimum atomic E-state index is -0.423. The van der Waals surface area contributed by atoms with Gasteiger partial charge in [-0.1, -0.05) is 42.5 Å². The molecule has 1 unspecified atom stereocenters. The first-order valence-corrected chi connectivity index (χ1v) is 8.42. The van der Waals surface area contributed by atoms with Crippen LogP contribution in [0.4, 0.5) is 0 Å². The molecular weight excluding hydrogens is 330 g/mol. The highest BCUT2D eigenvalue weighted by Gasteiger charge is 2.36. The van der Waals surface area contributed by atoms with Gasteiger partial charge in [-0.05, 0) is 31.8 Å². The van der Waals surface area contributed by atoms with Crippen molar-refractivity contribution in [2.45, 2.75) is 6.04 Å². The van der Waals surface area contributed by atoms with Crippen LogP contribution in [0, 0.1) is 0 Å². The van der Waals surface area contributed by atoms with E-state index in [4.69, 9.17) is 0 Å². The van der Waals surface area contributed by atoms with Gasteiger partial charge < -0.3 is 10.2 Å². The number of imide groups is 1. The van der Waals surface area contributed by atoms with Crippen LogP contribution in [0.15, 0.2) is 54.6 Å². The summed E-state index contributed by atoms with van der Waals surface area (Å²) in [6.07, 6.45) is 0. The maximum Gasteiger partial charge on any atom is 0.262 e. The number of nitrogens with zero attached hydrogens (tertiary/aromatic N) is 2. The summed E-state index contributed by atoms with van der Waals surface area (Å²) in [6, 6.07) is 16.5. The van der Waals surface area contributed by atoms with Crippen molar-refractivity contribution in [3.8, 4) is 0 Å². The van der Waals surface area contributed by atoms with Crippen LogP contribution in [0.5, 0.6) is 0 Å². The molecular formula is C20H21N3O3. The molecule has 134 valence electrons. The lowest BCUT2D eigenvalue weighted by Crippen LogP contribution is -2.42. The van der Waals surface area contributed by atoms with Crippen LogP contribution in [0.1, 0.15) is 32.3 Å². The monoisotopic (exact) mass is 351 g/mol. The summed E-state index contributed by atoms with van der Waals surface area (Å²) in [7, 11) is 3.88. The summed E-state index contributed by atoms with van der Waals surface area (Å²) in [6.45, 7) is 0.111. The first-order valence-electron chi connectivity index (χ1n) is 8.42. The number of likely N-dealkylation sites (N-methyl/N-ethyl adjacent to an activating group) is 1. The van der Waals surface area contributed by atoms with Gasteiger partial charge in [0.25, 0.3) is 11.8 Å². The van der Waals surface area contributed by atoms with E-state index in [0.29, 0.717) is 17.7 Å². The molecule has 6 heteroatoms. The fourth-order valence-corrected chi connectivity index (χ4v) is 3.07. The SMILES string of the molecule is CN(C)C(CNC(=O)CN1C(=O)c2ccccc2C1=O)c1ccccc1. The average molecular weight is 351 g/mol. The second-order valence-corrected chi connectivity index (χ2v) is 6.44. The van der Waals surface area contributed by atoms with Crippen LogP contribution in [0.3, 0.4) is 0 Å². The van der Waals surface area contributed by atoms with Crippen molar-refractivity contribution in [2.75, 3.05) is 27.2 Å². The zero-order chi connectivity index (χ0) is 18.7. The van der Waals surface area contributed by atoms with Gasteiger partial charge >= 0.3 is 0 Å². The van der Waals surface area contributed by atoms with E-state index in [1.165, 1.54) is 0 Å². The van der Waals surface area contributed by atoms with Crippen molar-refractivity contribution in [1.29, 1.82) is 0 Å². The Morgan fingerprint density at radius 1 is 0.962 bits per heavy atom. The van der Waals surface area contributed by atoms with E-state index in [-0.39, 0.29) is 18.5 Å². The van der Waals surface area contributed by atoms with E-state index in [0.717, 1.165) is 10.5 Å². The van der Waals surface area contributed by atoms with Crippen molar-refractivity contribution in [3.05, 3.63) is 71.3 Å². The Morgan fingerprint density at radius 3 is 2.04 bits per heavy atom. The van der Waals surface area contributed by atoms with E-state index in [1.807, 2.05) is 49.3 Å². The van der Waals surface area contributed by atoms with Gasteiger partial charge in [-0.2, -0.15) is 0 Å². The predicted molar refractivity (Wildman–Crippen MR) is 97.7 cm³/mol. The summed E-state index contributed by atoms with van der Waals surface area (Å²) in [5, 5.41) is 2.83. The number of hydrogen-bond donors (Lipinski definition) is 1. The van der Waals surface area contributed by atoms with Gasteiger partial charge in [0, 0.05) is 6.54 Å². The molecule has 0 saturated carbocycles. The van der Waals surface area contributed by atoms with E-state index in [9.17, 15) is 14.4 Å². The van der Waals surface area contributed by atoms with Gasteiger partial charge in [-0.25, -0.2) is 0 Å². The molecule has 1 heterocycles. The number of carbonyl (C=O) groups excluding carboxylic acids is 3. The Balaban J connectivity index is 1.63. The van der Waals surface area contributed by atoms with Crippen molar-refractivity contribution < 1.29 is 14.4 Å². The normalized spacial score (nSPS) is 14.5. The molecule has 0 aromatic heterocycles. The topological polar surface area (TPSA) is 69.7 Å². The third-order valence-corrected chi connectivity index (χ3v) is 4.48. The summed E-state index contributed by atoms with van der Waals surface area (Å²) < 4.78 is 0. The van der Waals surface area contributed by atoms with E-state index in [2.05, 4.69) is 5.32 Å². The number of rotatable bonds is 6. The Hall–Kier alpha value is -2.99. The summed E-state index contributed by atoms with van der Waals surface area (Å²) in [5.74, 6) is -1.21. The van der Waals surface area contributed by atoms with Crippen molar-refractivity contribution in [3.63, 3.8) is 0 Å². The number of carbonyl (C=O) groups is 3. The summed E-state index contributed by atoms with van der Waals surface area (Å²) in [4.78, 5) is 40.0. The van der Waals surface area contributed by atoms with Crippen molar-refractivity contribution in [1.82, 2.24) is 15.1 Å². The van der Waals surface area contributed by atoms with Crippen LogP contribution in [-0.4, -0.2) is 54.7 Å². The summed E-state index contributed by atoms with van der Waals surface area (Å²) >= 11 is 0. The van der Waals surface area contributed by atoms with Gasteiger partial charge in [0.15, 0.2) is 0 Å². The Bertz CT molecular complexity index is 798. The standard InChI is InChI=1S/C20H21N3O3/c1-22(2)17(14-8-4-3-5-9-14)12-21-18(24)13-23-19(25)15-10-6-7-11-16(15)20(23)26/h3-11,17H,12-13H2,1-2H3,(H,21,24). The van der Waals surface area contributed by atoms with Crippen LogP contribution >= 0.6 is 0 Å². The minimum absolute atomic E-state index is 0.00216. The van der Waals surface area contributed by atoms with Gasteiger partial charge in [0.05, 0.1) is 17.2 Å². The minimum Gasteiger partial charge on any atom is -0.353 e. The number of benzene rings is 2. The van der Waals surface area contributed by atoms with Crippen LogP contribution in [0.25, 0.3) is 0 Å². The molecule has 2 aromatic carbocycles. The second-order valence-electron chi connectivity index (χ2n) is 6.44. The number of fused-ring (bicyclic) bond motifs is 1. The maximum absolute atomic E-state index is 12.3. The Kier molecular flexibility index (Phi) is 5.14. The molecule has 2 aromatic rings. The highest BCUT2D eigenvalue weighted by Crippen LogP contribution is 2.22. The molecule has 1 N–H and O–H groups in total. The number of hydrogen-bond acceptors (Lipinski definition) is 4. The summed E-state index contributed by atoms with van der Waals surface area (Å²) in [5.41, 5.74) is 1.78.